The Kier molecular flexibility index (Phi) is 7.64. The van der Waals surface area contributed by atoms with E-state index in [-0.39, 0.29) is 5.57 Å². The molecule has 0 radical (unpaired) electrons. The first-order valence-electron chi connectivity index (χ1n) is 9.99. The Morgan fingerprint density at radius 3 is 2.58 bits per heavy atom. The highest BCUT2D eigenvalue weighted by Crippen LogP contribution is 2.27. The van der Waals surface area contributed by atoms with Crippen LogP contribution >= 0.6 is 15.9 Å². The fourth-order valence-corrected chi connectivity index (χ4v) is 3.43. The number of hydrogen-bond acceptors (Lipinski definition) is 3. The first-order chi connectivity index (χ1) is 15.0. The zero-order valence-corrected chi connectivity index (χ0v) is 19.1. The highest BCUT2D eigenvalue weighted by atomic mass is 79.9. The third-order valence-corrected chi connectivity index (χ3v) is 5.29. The monoisotopic (exact) mass is 474 g/mol. The lowest BCUT2D eigenvalue weighted by Gasteiger charge is -2.12. The standard InChI is InChI=1S/C26H23BrN2O2/c1-3-20-6-4-5-7-24(20)29-26(30)22(16-28)14-21-15-23(27)12-13-25(21)31-17-19-10-8-18(2)9-11-19/h4-15H,3,17H2,1-2H3,(H,29,30)/b22-14+. The Morgan fingerprint density at radius 1 is 1.13 bits per heavy atom. The number of anilines is 1. The van der Waals surface area contributed by atoms with E-state index in [1.165, 1.54) is 5.56 Å². The number of carbonyl (C=O) groups is 1. The third-order valence-electron chi connectivity index (χ3n) is 4.80. The predicted octanol–water partition coefficient (Wildman–Crippen LogP) is 6.44. The lowest BCUT2D eigenvalue weighted by Crippen LogP contribution is -2.14. The van der Waals surface area contributed by atoms with Crippen molar-refractivity contribution in [2.24, 2.45) is 0 Å². The summed E-state index contributed by atoms with van der Waals surface area (Å²) in [4.78, 5) is 12.8. The number of carbonyl (C=O) groups excluding carboxylic acids is 1. The van der Waals surface area contributed by atoms with Crippen LogP contribution in [0.1, 0.15) is 29.2 Å². The zero-order valence-electron chi connectivity index (χ0n) is 17.5. The second kappa shape index (κ2) is 10.6. The van der Waals surface area contributed by atoms with Crippen molar-refractivity contribution < 1.29 is 9.53 Å². The minimum Gasteiger partial charge on any atom is -0.488 e. The Hall–Kier alpha value is -3.36. The van der Waals surface area contributed by atoms with Gasteiger partial charge in [-0.05, 0) is 54.8 Å². The SMILES string of the molecule is CCc1ccccc1NC(=O)/C(C#N)=C/c1cc(Br)ccc1OCc1ccc(C)cc1. The Labute approximate surface area is 191 Å². The fraction of sp³-hybridized carbons (Fsp3) is 0.154. The second-order valence-electron chi connectivity index (χ2n) is 7.09. The van der Waals surface area contributed by atoms with Gasteiger partial charge < -0.3 is 10.1 Å². The van der Waals surface area contributed by atoms with Gasteiger partial charge in [-0.1, -0.05) is 70.9 Å². The Morgan fingerprint density at radius 2 is 1.87 bits per heavy atom. The van der Waals surface area contributed by atoms with Crippen molar-refractivity contribution in [2.45, 2.75) is 26.9 Å². The van der Waals surface area contributed by atoms with Gasteiger partial charge in [-0.2, -0.15) is 5.26 Å². The maximum Gasteiger partial charge on any atom is 0.266 e. The van der Waals surface area contributed by atoms with Crippen LogP contribution in [0.5, 0.6) is 5.75 Å². The summed E-state index contributed by atoms with van der Waals surface area (Å²) in [6.07, 6.45) is 2.34. The molecule has 4 nitrogen and oxygen atoms in total. The maximum absolute atomic E-state index is 12.8. The van der Waals surface area contributed by atoms with Crippen molar-refractivity contribution in [2.75, 3.05) is 5.32 Å². The van der Waals surface area contributed by atoms with Crippen LogP contribution in [0.15, 0.2) is 76.8 Å². The summed E-state index contributed by atoms with van der Waals surface area (Å²) >= 11 is 3.45. The molecule has 0 aliphatic carbocycles. The largest absolute Gasteiger partial charge is 0.488 e. The first-order valence-corrected chi connectivity index (χ1v) is 10.8. The number of para-hydroxylation sites is 1. The summed E-state index contributed by atoms with van der Waals surface area (Å²) in [5, 5.41) is 12.5. The molecule has 0 aliphatic rings. The van der Waals surface area contributed by atoms with Gasteiger partial charge in [0, 0.05) is 15.7 Å². The van der Waals surface area contributed by atoms with E-state index in [0.29, 0.717) is 23.6 Å². The smallest absolute Gasteiger partial charge is 0.266 e. The average Bonchev–Trinajstić information content (AvgIpc) is 2.78. The van der Waals surface area contributed by atoms with Crippen LogP contribution in [0.25, 0.3) is 6.08 Å². The van der Waals surface area contributed by atoms with Crippen molar-refractivity contribution >= 4 is 33.6 Å². The first kappa shape index (κ1) is 22.3. The number of nitrogens with one attached hydrogen (secondary N) is 1. The number of nitriles is 1. The average molecular weight is 475 g/mol. The molecule has 0 bridgehead atoms. The van der Waals surface area contributed by atoms with E-state index < -0.39 is 5.91 Å². The number of aryl methyl sites for hydroxylation is 2. The Balaban J connectivity index is 1.84. The molecule has 0 aliphatic heterocycles. The second-order valence-corrected chi connectivity index (χ2v) is 8.01. The molecular formula is C26H23BrN2O2. The van der Waals surface area contributed by atoms with Gasteiger partial charge in [0.15, 0.2) is 0 Å². The molecule has 1 N–H and O–H groups in total. The van der Waals surface area contributed by atoms with Crippen molar-refractivity contribution in [3.8, 4) is 11.8 Å². The summed E-state index contributed by atoms with van der Waals surface area (Å²) in [6, 6.07) is 23.2. The minimum atomic E-state index is -0.451. The molecule has 0 aromatic heterocycles. The molecule has 3 aromatic carbocycles. The van der Waals surface area contributed by atoms with Crippen molar-refractivity contribution in [3.05, 3.63) is 99.0 Å². The highest BCUT2D eigenvalue weighted by molar-refractivity contribution is 9.10. The van der Waals surface area contributed by atoms with Gasteiger partial charge in [0.25, 0.3) is 5.91 Å². The molecule has 0 spiro atoms. The number of hydrogen-bond donors (Lipinski definition) is 1. The van der Waals surface area contributed by atoms with E-state index >= 15 is 0 Å². The van der Waals surface area contributed by atoms with Crippen LogP contribution in [0.4, 0.5) is 5.69 Å². The van der Waals surface area contributed by atoms with Crippen LogP contribution in [0.2, 0.25) is 0 Å². The number of amides is 1. The molecule has 0 saturated heterocycles. The number of halogens is 1. The van der Waals surface area contributed by atoms with Gasteiger partial charge >= 0.3 is 0 Å². The molecule has 3 rings (SSSR count). The van der Waals surface area contributed by atoms with Crippen LogP contribution < -0.4 is 10.1 Å². The number of nitrogens with zero attached hydrogens (tertiary/aromatic N) is 1. The molecule has 3 aromatic rings. The van der Waals surface area contributed by atoms with Crippen molar-refractivity contribution in [1.82, 2.24) is 0 Å². The molecule has 0 unspecified atom stereocenters. The molecule has 0 fully saturated rings. The van der Waals surface area contributed by atoms with Crippen LogP contribution in [0, 0.1) is 18.3 Å². The lowest BCUT2D eigenvalue weighted by atomic mass is 10.1. The van der Waals surface area contributed by atoms with Gasteiger partial charge in [-0.25, -0.2) is 0 Å². The van der Waals surface area contributed by atoms with E-state index in [2.05, 4.69) is 21.2 Å². The quantitative estimate of drug-likeness (QED) is 0.316. The lowest BCUT2D eigenvalue weighted by molar-refractivity contribution is -0.112. The summed E-state index contributed by atoms with van der Waals surface area (Å²) in [6.45, 7) is 4.45. The van der Waals surface area contributed by atoms with Gasteiger partial charge in [0.05, 0.1) is 0 Å². The number of ether oxygens (including phenoxy) is 1. The van der Waals surface area contributed by atoms with Gasteiger partial charge in [0.2, 0.25) is 0 Å². The fourth-order valence-electron chi connectivity index (χ4n) is 3.05. The van der Waals surface area contributed by atoms with Crippen LogP contribution in [0.3, 0.4) is 0 Å². The van der Waals surface area contributed by atoms with Crippen LogP contribution in [-0.2, 0) is 17.8 Å². The van der Waals surface area contributed by atoms with E-state index in [1.54, 1.807) is 6.08 Å². The van der Waals surface area contributed by atoms with E-state index in [1.807, 2.05) is 86.6 Å². The minimum absolute atomic E-state index is 0.00388. The summed E-state index contributed by atoms with van der Waals surface area (Å²) < 4.78 is 6.82. The molecule has 0 atom stereocenters. The Bertz CT molecular complexity index is 1140. The van der Waals surface area contributed by atoms with E-state index in [4.69, 9.17) is 4.74 Å². The van der Waals surface area contributed by atoms with Crippen molar-refractivity contribution in [3.63, 3.8) is 0 Å². The summed E-state index contributed by atoms with van der Waals surface area (Å²) in [5.41, 5.74) is 4.60. The topological polar surface area (TPSA) is 62.1 Å². The summed E-state index contributed by atoms with van der Waals surface area (Å²) in [5.74, 6) is 0.145. The normalized spacial score (nSPS) is 11.0. The highest BCUT2D eigenvalue weighted by Gasteiger charge is 2.13. The van der Waals surface area contributed by atoms with Gasteiger partial charge in [-0.3, -0.25) is 4.79 Å². The van der Waals surface area contributed by atoms with Crippen molar-refractivity contribution in [1.29, 1.82) is 5.26 Å². The third kappa shape index (κ3) is 6.07. The number of rotatable bonds is 7. The molecule has 31 heavy (non-hydrogen) atoms. The van der Waals surface area contributed by atoms with Gasteiger partial charge in [0.1, 0.15) is 24.0 Å². The molecule has 5 heteroatoms. The maximum atomic E-state index is 12.8. The van der Waals surface area contributed by atoms with E-state index in [0.717, 1.165) is 22.0 Å². The predicted molar refractivity (Wildman–Crippen MR) is 128 cm³/mol. The van der Waals surface area contributed by atoms with Crippen LogP contribution in [-0.4, -0.2) is 5.91 Å². The van der Waals surface area contributed by atoms with Gasteiger partial charge in [-0.15, -0.1) is 0 Å². The van der Waals surface area contributed by atoms with E-state index in [9.17, 15) is 10.1 Å². The molecule has 0 saturated carbocycles. The molecule has 0 heterocycles. The molecule has 156 valence electrons. The zero-order chi connectivity index (χ0) is 22.2. The molecule has 1 amide bonds. The number of benzene rings is 3. The molecular weight excluding hydrogens is 452 g/mol. The summed E-state index contributed by atoms with van der Waals surface area (Å²) in [7, 11) is 0.